The van der Waals surface area contributed by atoms with Crippen molar-refractivity contribution in [1.29, 1.82) is 0 Å². The summed E-state index contributed by atoms with van der Waals surface area (Å²) in [6.07, 6.45) is 7.10. The number of nitrogens with one attached hydrogen (secondary N) is 2. The maximum absolute atomic E-state index is 12.7. The zero-order chi connectivity index (χ0) is 17.0. The number of aromatic nitrogens is 1. The van der Waals surface area contributed by atoms with Crippen molar-refractivity contribution in [2.24, 2.45) is 5.41 Å². The van der Waals surface area contributed by atoms with Crippen molar-refractivity contribution in [2.45, 2.75) is 51.4 Å². The highest BCUT2D eigenvalue weighted by Gasteiger charge is 2.33. The van der Waals surface area contributed by atoms with Gasteiger partial charge in [0.1, 0.15) is 4.88 Å². The Kier molecular flexibility index (Phi) is 9.83. The minimum absolute atomic E-state index is 0. The van der Waals surface area contributed by atoms with Crippen molar-refractivity contribution in [2.75, 3.05) is 33.4 Å². The zero-order valence-electron chi connectivity index (χ0n) is 15.6. The normalized spacial score (nSPS) is 19.5. The number of thiazole rings is 1. The Morgan fingerprint density at radius 3 is 2.58 bits per heavy atom. The van der Waals surface area contributed by atoms with Crippen LogP contribution in [0.2, 0.25) is 0 Å². The maximum Gasteiger partial charge on any atom is 0.263 e. The van der Waals surface area contributed by atoms with E-state index in [2.05, 4.69) is 15.6 Å². The van der Waals surface area contributed by atoms with Crippen LogP contribution in [0.15, 0.2) is 0 Å². The van der Waals surface area contributed by atoms with E-state index in [1.165, 1.54) is 25.7 Å². The Bertz CT molecular complexity index is 565. The van der Waals surface area contributed by atoms with Gasteiger partial charge in [-0.15, -0.1) is 36.2 Å². The van der Waals surface area contributed by atoms with Gasteiger partial charge in [0, 0.05) is 25.0 Å². The molecule has 1 aliphatic heterocycles. The minimum atomic E-state index is 0. The molecule has 150 valence electrons. The molecule has 2 fully saturated rings. The predicted molar refractivity (Wildman–Crippen MR) is 111 cm³/mol. The smallest absolute Gasteiger partial charge is 0.263 e. The third-order valence-corrected chi connectivity index (χ3v) is 6.78. The van der Waals surface area contributed by atoms with Crippen LogP contribution in [0.4, 0.5) is 0 Å². The number of methoxy groups -OCH3 is 1. The average Bonchev–Trinajstić information content (AvgIpc) is 3.23. The summed E-state index contributed by atoms with van der Waals surface area (Å²) in [5, 5.41) is 7.70. The lowest BCUT2D eigenvalue weighted by atomic mass is 9.79. The van der Waals surface area contributed by atoms with Crippen molar-refractivity contribution in [3.05, 3.63) is 15.6 Å². The van der Waals surface area contributed by atoms with Crippen LogP contribution in [0, 0.1) is 12.3 Å². The fraction of sp³-hybridized carbons (Fsp3) is 0.778. The molecule has 1 aromatic heterocycles. The Hall–Kier alpha value is -0.400. The molecule has 1 saturated heterocycles. The number of hydrogen-bond donors (Lipinski definition) is 2. The number of halogens is 2. The van der Waals surface area contributed by atoms with Crippen molar-refractivity contribution < 1.29 is 9.53 Å². The van der Waals surface area contributed by atoms with Gasteiger partial charge in [0.2, 0.25) is 0 Å². The molecule has 0 radical (unpaired) electrons. The van der Waals surface area contributed by atoms with Gasteiger partial charge in [-0.1, -0.05) is 12.8 Å². The number of amides is 1. The van der Waals surface area contributed by atoms with Crippen LogP contribution in [0.25, 0.3) is 0 Å². The summed E-state index contributed by atoms with van der Waals surface area (Å²) in [6, 6.07) is 0. The van der Waals surface area contributed by atoms with Crippen LogP contribution in [0.5, 0.6) is 0 Å². The first kappa shape index (κ1) is 23.6. The van der Waals surface area contributed by atoms with Crippen molar-refractivity contribution >= 4 is 42.1 Å². The highest BCUT2D eigenvalue weighted by molar-refractivity contribution is 7.13. The molecule has 0 aromatic carbocycles. The molecule has 8 heteroatoms. The molecule has 1 amide bonds. The van der Waals surface area contributed by atoms with Gasteiger partial charge in [0.15, 0.2) is 0 Å². The highest BCUT2D eigenvalue weighted by Crippen LogP contribution is 2.37. The first-order valence-electron chi connectivity index (χ1n) is 9.09. The average molecular weight is 424 g/mol. The number of ether oxygens (including phenoxy) is 1. The zero-order valence-corrected chi connectivity index (χ0v) is 18.1. The lowest BCUT2D eigenvalue weighted by molar-refractivity contribution is 0.0512. The molecule has 0 atom stereocenters. The summed E-state index contributed by atoms with van der Waals surface area (Å²) in [4.78, 5) is 18.2. The van der Waals surface area contributed by atoms with E-state index in [0.29, 0.717) is 19.1 Å². The first-order valence-corrected chi connectivity index (χ1v) is 9.90. The van der Waals surface area contributed by atoms with E-state index < -0.39 is 0 Å². The van der Waals surface area contributed by atoms with Crippen LogP contribution < -0.4 is 10.6 Å². The van der Waals surface area contributed by atoms with E-state index in [9.17, 15) is 4.79 Å². The molecule has 1 saturated carbocycles. The Morgan fingerprint density at radius 2 is 1.96 bits per heavy atom. The number of carbonyl (C=O) groups is 1. The van der Waals surface area contributed by atoms with Crippen molar-refractivity contribution in [3.8, 4) is 0 Å². The number of carbonyl (C=O) groups excluding carboxylic acids is 1. The van der Waals surface area contributed by atoms with E-state index in [-0.39, 0.29) is 36.1 Å². The fourth-order valence-corrected chi connectivity index (χ4v) is 5.11. The molecule has 1 aromatic rings. The topological polar surface area (TPSA) is 63.2 Å². The molecule has 3 rings (SSSR count). The van der Waals surface area contributed by atoms with E-state index in [1.807, 2.05) is 6.92 Å². The number of nitrogens with zero attached hydrogens (tertiary/aromatic N) is 1. The molecule has 2 aliphatic rings. The summed E-state index contributed by atoms with van der Waals surface area (Å²) in [6.45, 7) is 5.32. The number of rotatable bonds is 6. The van der Waals surface area contributed by atoms with E-state index >= 15 is 0 Å². The Labute approximate surface area is 172 Å². The van der Waals surface area contributed by atoms with Crippen LogP contribution in [0.3, 0.4) is 0 Å². The Balaban J connectivity index is 0.00000169. The molecule has 26 heavy (non-hydrogen) atoms. The molecule has 0 spiro atoms. The first-order chi connectivity index (χ1) is 11.6. The molecule has 0 unspecified atom stereocenters. The molecule has 5 nitrogen and oxygen atoms in total. The lowest BCUT2D eigenvalue weighted by Crippen LogP contribution is -2.47. The molecule has 1 aliphatic carbocycles. The Morgan fingerprint density at radius 1 is 1.31 bits per heavy atom. The molecule has 2 heterocycles. The molecule has 0 bridgehead atoms. The maximum atomic E-state index is 12.7. The van der Waals surface area contributed by atoms with E-state index in [0.717, 1.165) is 41.5 Å². The van der Waals surface area contributed by atoms with Gasteiger partial charge in [-0.3, -0.25) is 4.79 Å². The van der Waals surface area contributed by atoms with Crippen LogP contribution in [0.1, 0.15) is 64.8 Å². The molecule has 2 N–H and O–H groups in total. The number of aryl methyl sites for hydroxylation is 1. The van der Waals surface area contributed by atoms with Crippen molar-refractivity contribution in [3.63, 3.8) is 0 Å². The van der Waals surface area contributed by atoms with E-state index in [1.54, 1.807) is 18.4 Å². The van der Waals surface area contributed by atoms with Crippen molar-refractivity contribution in [1.82, 2.24) is 15.6 Å². The summed E-state index contributed by atoms with van der Waals surface area (Å²) in [5.41, 5.74) is 0.938. The quantitative estimate of drug-likeness (QED) is 0.731. The van der Waals surface area contributed by atoms with Gasteiger partial charge in [0.05, 0.1) is 17.3 Å². The third-order valence-electron chi connectivity index (χ3n) is 5.46. The standard InChI is InChI=1S/C18H29N3O2S.2ClH/c1-13-15(24-17(21-13)14-5-3-4-6-14)16(22)20-11-18(12-23-2)7-9-19-10-8-18;;/h14,19H,3-12H2,1-2H3,(H,20,22);2*1H. The lowest BCUT2D eigenvalue weighted by Gasteiger charge is -2.37. The largest absolute Gasteiger partial charge is 0.384 e. The SMILES string of the molecule is COCC1(CNC(=O)c2sc(C3CCCC3)nc2C)CCNCC1.Cl.Cl. The van der Waals surface area contributed by atoms with Gasteiger partial charge in [-0.2, -0.15) is 0 Å². The van der Waals surface area contributed by atoms with Gasteiger partial charge in [-0.25, -0.2) is 4.98 Å². The van der Waals surface area contributed by atoms with Crippen LogP contribution >= 0.6 is 36.2 Å². The highest BCUT2D eigenvalue weighted by atomic mass is 35.5. The number of hydrogen-bond acceptors (Lipinski definition) is 5. The summed E-state index contributed by atoms with van der Waals surface area (Å²) < 4.78 is 5.43. The second-order valence-corrected chi connectivity index (χ2v) is 8.34. The summed E-state index contributed by atoms with van der Waals surface area (Å²) in [5.74, 6) is 0.600. The predicted octanol–water partition coefficient (Wildman–Crippen LogP) is 3.70. The third kappa shape index (κ3) is 5.55. The monoisotopic (exact) mass is 423 g/mol. The number of piperidine rings is 1. The molecular weight excluding hydrogens is 393 g/mol. The summed E-state index contributed by atoms with van der Waals surface area (Å²) >= 11 is 1.60. The van der Waals surface area contributed by atoms with Crippen LogP contribution in [-0.4, -0.2) is 44.2 Å². The second kappa shape index (κ2) is 10.8. The van der Waals surface area contributed by atoms with Gasteiger partial charge in [0.25, 0.3) is 5.91 Å². The second-order valence-electron chi connectivity index (χ2n) is 7.31. The van der Waals surface area contributed by atoms with Crippen LogP contribution in [-0.2, 0) is 4.74 Å². The van der Waals surface area contributed by atoms with Gasteiger partial charge in [-0.05, 0) is 45.7 Å². The molecular formula is C18H31Cl2N3O2S. The summed E-state index contributed by atoms with van der Waals surface area (Å²) in [7, 11) is 1.74. The van der Waals surface area contributed by atoms with E-state index in [4.69, 9.17) is 4.74 Å². The van der Waals surface area contributed by atoms with Gasteiger partial charge < -0.3 is 15.4 Å². The minimum Gasteiger partial charge on any atom is -0.384 e. The fourth-order valence-electron chi connectivity index (χ4n) is 3.96. The van der Waals surface area contributed by atoms with Gasteiger partial charge >= 0.3 is 0 Å².